The van der Waals surface area contributed by atoms with Gasteiger partial charge in [0.2, 0.25) is 0 Å². The number of thioether (sulfide) groups is 1. The summed E-state index contributed by atoms with van der Waals surface area (Å²) in [6.45, 7) is -0.0257. The number of rotatable bonds is 6. The highest BCUT2D eigenvalue weighted by Crippen LogP contribution is 2.32. The summed E-state index contributed by atoms with van der Waals surface area (Å²) in [5.41, 5.74) is 3.43. The van der Waals surface area contributed by atoms with E-state index in [0.717, 1.165) is 27.9 Å². The van der Waals surface area contributed by atoms with Gasteiger partial charge >= 0.3 is 5.97 Å². The van der Waals surface area contributed by atoms with Crippen LogP contribution in [0.2, 0.25) is 0 Å². The summed E-state index contributed by atoms with van der Waals surface area (Å²) in [6.07, 6.45) is 1.69. The van der Waals surface area contributed by atoms with Crippen LogP contribution in [0.15, 0.2) is 40.1 Å². The van der Waals surface area contributed by atoms with Gasteiger partial charge in [-0.2, -0.15) is 0 Å². The van der Waals surface area contributed by atoms with Gasteiger partial charge in [0.1, 0.15) is 23.2 Å². The molecule has 1 aliphatic heterocycles. The minimum absolute atomic E-state index is 0.252. The summed E-state index contributed by atoms with van der Waals surface area (Å²) >= 11 is 7.68. The molecule has 1 N–H and O–H groups in total. The Kier molecular flexibility index (Phi) is 5.47. The number of aromatic nitrogens is 1. The van der Waals surface area contributed by atoms with Crippen molar-refractivity contribution in [2.75, 3.05) is 6.54 Å². The molecule has 1 aliphatic rings. The molecule has 1 aromatic carbocycles. The third-order valence-electron chi connectivity index (χ3n) is 3.22. The summed E-state index contributed by atoms with van der Waals surface area (Å²) < 4.78 is 5.88. The van der Waals surface area contributed by atoms with E-state index in [-0.39, 0.29) is 10.2 Å². The molecule has 0 unspecified atom stereocenters. The molecule has 1 saturated heterocycles. The Morgan fingerprint density at radius 1 is 1.36 bits per heavy atom. The van der Waals surface area contributed by atoms with Crippen LogP contribution in [-0.2, 0) is 16.2 Å². The number of carbonyl (C=O) groups is 2. The second-order valence-corrected chi connectivity index (χ2v) is 7.39. The zero-order chi connectivity index (χ0) is 17.8. The van der Waals surface area contributed by atoms with Crippen molar-refractivity contribution < 1.29 is 19.4 Å². The van der Waals surface area contributed by atoms with Gasteiger partial charge in [0.25, 0.3) is 5.91 Å². The van der Waals surface area contributed by atoms with Gasteiger partial charge in [-0.05, 0) is 23.8 Å². The van der Waals surface area contributed by atoms with Crippen molar-refractivity contribution in [2.45, 2.75) is 6.61 Å². The number of carboxylic acid groups (broad SMARTS) is 1. The molecule has 128 valence electrons. The van der Waals surface area contributed by atoms with E-state index in [1.165, 1.54) is 11.3 Å². The van der Waals surface area contributed by atoms with Crippen LogP contribution < -0.4 is 4.74 Å². The Morgan fingerprint density at radius 3 is 2.76 bits per heavy atom. The van der Waals surface area contributed by atoms with Crippen molar-refractivity contribution in [2.24, 2.45) is 0 Å². The summed E-state index contributed by atoms with van der Waals surface area (Å²) in [6, 6.07) is 7.24. The number of ether oxygens (including phenoxy) is 1. The van der Waals surface area contributed by atoms with Crippen LogP contribution in [0.5, 0.6) is 5.75 Å². The molecule has 2 heterocycles. The lowest BCUT2D eigenvalue weighted by molar-refractivity contribution is -0.140. The van der Waals surface area contributed by atoms with Gasteiger partial charge in [-0.1, -0.05) is 36.1 Å². The maximum absolute atomic E-state index is 12.2. The fourth-order valence-corrected chi connectivity index (χ4v) is 3.85. The number of hydrogen-bond acceptors (Lipinski definition) is 7. The summed E-state index contributed by atoms with van der Waals surface area (Å²) in [5.74, 6) is -0.788. The molecule has 0 radical (unpaired) electrons. The maximum Gasteiger partial charge on any atom is 0.323 e. The lowest BCUT2D eigenvalue weighted by Crippen LogP contribution is -2.33. The summed E-state index contributed by atoms with van der Waals surface area (Å²) in [4.78, 5) is 28.6. The Balaban J connectivity index is 1.66. The van der Waals surface area contributed by atoms with E-state index in [4.69, 9.17) is 22.1 Å². The largest absolute Gasteiger partial charge is 0.487 e. The van der Waals surface area contributed by atoms with Crippen molar-refractivity contribution in [3.05, 3.63) is 51.3 Å². The second-order valence-electron chi connectivity index (χ2n) is 5.00. The van der Waals surface area contributed by atoms with Crippen LogP contribution >= 0.6 is 35.3 Å². The van der Waals surface area contributed by atoms with Crippen LogP contribution in [0.1, 0.15) is 11.3 Å². The topological polar surface area (TPSA) is 79.7 Å². The van der Waals surface area contributed by atoms with E-state index in [0.29, 0.717) is 17.3 Å². The quantitative estimate of drug-likeness (QED) is 0.598. The molecule has 3 rings (SSSR count). The number of aliphatic carboxylic acids is 1. The van der Waals surface area contributed by atoms with E-state index in [1.54, 1.807) is 23.7 Å². The van der Waals surface area contributed by atoms with Crippen molar-refractivity contribution in [3.8, 4) is 5.75 Å². The first-order valence-electron chi connectivity index (χ1n) is 7.10. The van der Waals surface area contributed by atoms with Crippen LogP contribution in [0.3, 0.4) is 0 Å². The monoisotopic (exact) mass is 392 g/mol. The third kappa shape index (κ3) is 4.44. The molecule has 1 fully saturated rings. The van der Waals surface area contributed by atoms with E-state index < -0.39 is 12.5 Å². The molecule has 0 bridgehead atoms. The number of nitrogens with zero attached hydrogens (tertiary/aromatic N) is 2. The van der Waals surface area contributed by atoms with Gasteiger partial charge in [-0.25, -0.2) is 4.98 Å². The van der Waals surface area contributed by atoms with Crippen LogP contribution in [0.4, 0.5) is 0 Å². The van der Waals surface area contributed by atoms with Gasteiger partial charge in [0.15, 0.2) is 0 Å². The van der Waals surface area contributed by atoms with Gasteiger partial charge in [-0.3, -0.25) is 14.5 Å². The zero-order valence-corrected chi connectivity index (χ0v) is 15.2. The van der Waals surface area contributed by atoms with Gasteiger partial charge in [-0.15, -0.1) is 11.3 Å². The minimum atomic E-state index is -1.10. The van der Waals surface area contributed by atoms with E-state index >= 15 is 0 Å². The van der Waals surface area contributed by atoms with E-state index in [9.17, 15) is 9.59 Å². The van der Waals surface area contributed by atoms with Crippen molar-refractivity contribution in [1.82, 2.24) is 9.88 Å². The number of thiocarbonyl (C=S) groups is 1. The maximum atomic E-state index is 12.2. The number of carbonyl (C=O) groups excluding carboxylic acids is 1. The van der Waals surface area contributed by atoms with Gasteiger partial charge in [0, 0.05) is 5.38 Å². The molecule has 0 spiro atoms. The summed E-state index contributed by atoms with van der Waals surface area (Å²) in [7, 11) is 0. The molecule has 0 aliphatic carbocycles. The Hall–Kier alpha value is -2.23. The lowest BCUT2D eigenvalue weighted by Gasteiger charge is -2.10. The number of carboxylic acids is 1. The van der Waals surface area contributed by atoms with Crippen molar-refractivity contribution in [1.29, 1.82) is 0 Å². The molecule has 0 saturated carbocycles. The van der Waals surface area contributed by atoms with Gasteiger partial charge < -0.3 is 9.84 Å². The van der Waals surface area contributed by atoms with Crippen molar-refractivity contribution in [3.63, 3.8) is 0 Å². The predicted octanol–water partition coefficient (Wildman–Crippen LogP) is 3.01. The Morgan fingerprint density at radius 2 is 2.12 bits per heavy atom. The van der Waals surface area contributed by atoms with E-state index in [1.807, 2.05) is 17.5 Å². The second kappa shape index (κ2) is 7.77. The van der Waals surface area contributed by atoms with Crippen LogP contribution in [0.25, 0.3) is 6.08 Å². The number of thiazole rings is 1. The number of amides is 1. The van der Waals surface area contributed by atoms with Crippen LogP contribution in [-0.4, -0.2) is 37.7 Å². The lowest BCUT2D eigenvalue weighted by atomic mass is 10.2. The fraction of sp³-hybridized carbons (Fsp3) is 0.125. The van der Waals surface area contributed by atoms with Gasteiger partial charge in [0.05, 0.1) is 16.1 Å². The molecule has 1 aromatic heterocycles. The molecule has 6 nitrogen and oxygen atoms in total. The SMILES string of the molecule is O=C(O)CN1C(=O)C(=Cc2ccc(OCc3cscn3)cc2)SC1=S. The number of hydrogen-bond donors (Lipinski definition) is 1. The van der Waals surface area contributed by atoms with E-state index in [2.05, 4.69) is 4.98 Å². The molecule has 1 amide bonds. The zero-order valence-electron chi connectivity index (χ0n) is 12.7. The third-order valence-corrected chi connectivity index (χ3v) is 5.23. The Bertz CT molecular complexity index is 832. The molecular weight excluding hydrogens is 380 g/mol. The first-order chi connectivity index (χ1) is 12.0. The first kappa shape index (κ1) is 17.6. The minimum Gasteiger partial charge on any atom is -0.487 e. The highest BCUT2D eigenvalue weighted by Gasteiger charge is 2.33. The molecular formula is C16H12N2O4S3. The van der Waals surface area contributed by atoms with Crippen molar-refractivity contribution >= 4 is 57.6 Å². The predicted molar refractivity (Wildman–Crippen MR) is 100 cm³/mol. The number of benzene rings is 1. The van der Waals surface area contributed by atoms with Crippen LogP contribution in [0, 0.1) is 0 Å². The first-order valence-corrected chi connectivity index (χ1v) is 9.27. The molecule has 0 atom stereocenters. The standard InChI is InChI=1S/C16H12N2O4S3/c19-14(20)6-18-15(21)13(25-16(18)23)5-10-1-3-12(4-2-10)22-7-11-8-24-9-17-11/h1-5,8-9H,6-7H2,(H,19,20). The molecule has 9 heteroatoms. The Labute approximate surface area is 157 Å². The normalized spacial score (nSPS) is 15.8. The average molecular weight is 392 g/mol. The molecule has 2 aromatic rings. The highest BCUT2D eigenvalue weighted by atomic mass is 32.2. The highest BCUT2D eigenvalue weighted by molar-refractivity contribution is 8.26. The summed E-state index contributed by atoms with van der Waals surface area (Å²) in [5, 5.41) is 10.8. The molecule has 25 heavy (non-hydrogen) atoms. The smallest absolute Gasteiger partial charge is 0.323 e. The fourth-order valence-electron chi connectivity index (χ4n) is 2.05. The average Bonchev–Trinajstić information content (AvgIpc) is 3.18.